The van der Waals surface area contributed by atoms with Gasteiger partial charge in [0.25, 0.3) is 5.69 Å². The van der Waals surface area contributed by atoms with Gasteiger partial charge in [-0.1, -0.05) is 0 Å². The summed E-state index contributed by atoms with van der Waals surface area (Å²) in [6.45, 7) is 2.23. The molecule has 0 aromatic heterocycles. The van der Waals surface area contributed by atoms with Crippen LogP contribution in [0.5, 0.6) is 0 Å². The molecule has 7 nitrogen and oxygen atoms in total. The van der Waals surface area contributed by atoms with Gasteiger partial charge in [-0.25, -0.2) is 0 Å². The van der Waals surface area contributed by atoms with Gasteiger partial charge in [-0.2, -0.15) is 0 Å². The van der Waals surface area contributed by atoms with Gasteiger partial charge in [0.1, 0.15) is 0 Å². The number of nitrogens with zero attached hydrogens (tertiary/aromatic N) is 3. The molecule has 2 amide bonds. The molecule has 23 heavy (non-hydrogen) atoms. The average Bonchev–Trinajstić information content (AvgIpc) is 2.54. The number of non-ortho nitro benzene ring substituents is 1. The highest BCUT2D eigenvalue weighted by Gasteiger charge is 2.27. The van der Waals surface area contributed by atoms with Crippen LogP contribution in [0, 0.1) is 10.1 Å². The molecule has 0 N–H and O–H groups in total. The van der Waals surface area contributed by atoms with Crippen LogP contribution in [0.4, 0.5) is 11.4 Å². The fourth-order valence-corrected chi connectivity index (χ4v) is 2.91. The lowest BCUT2D eigenvalue weighted by Gasteiger charge is -2.35. The number of piperidine rings is 1. The van der Waals surface area contributed by atoms with Crippen molar-refractivity contribution in [2.45, 2.75) is 38.6 Å². The van der Waals surface area contributed by atoms with E-state index < -0.39 is 4.92 Å². The van der Waals surface area contributed by atoms with Crippen LogP contribution in [0.1, 0.15) is 32.6 Å². The van der Waals surface area contributed by atoms with Crippen LogP contribution in [0.15, 0.2) is 24.3 Å². The van der Waals surface area contributed by atoms with E-state index in [2.05, 4.69) is 0 Å². The fraction of sp³-hybridized carbons (Fsp3) is 0.500. The lowest BCUT2D eigenvalue weighted by Crippen LogP contribution is -2.45. The summed E-state index contributed by atoms with van der Waals surface area (Å²) >= 11 is 0. The molecule has 1 aliphatic rings. The van der Waals surface area contributed by atoms with E-state index in [0.717, 1.165) is 19.3 Å². The van der Waals surface area contributed by atoms with Gasteiger partial charge in [0.15, 0.2) is 0 Å². The van der Waals surface area contributed by atoms with E-state index in [-0.39, 0.29) is 30.0 Å². The Bertz CT molecular complexity index is 600. The first-order valence-corrected chi connectivity index (χ1v) is 7.68. The second kappa shape index (κ2) is 7.21. The molecule has 1 aliphatic heterocycles. The quantitative estimate of drug-likeness (QED) is 0.630. The van der Waals surface area contributed by atoms with Gasteiger partial charge in [0.05, 0.1) is 4.92 Å². The SMILES string of the molecule is CC(=O)N1CCCCC1CC(=O)N(C)c1ccc([N+](=O)[O-])cc1. The number of hydrogen-bond acceptors (Lipinski definition) is 4. The zero-order valence-corrected chi connectivity index (χ0v) is 13.4. The Morgan fingerprint density at radius 1 is 1.30 bits per heavy atom. The first-order chi connectivity index (χ1) is 10.9. The minimum atomic E-state index is -0.474. The first-order valence-electron chi connectivity index (χ1n) is 7.68. The number of anilines is 1. The number of amides is 2. The molecular weight excluding hydrogens is 298 g/mol. The molecule has 0 saturated carbocycles. The Morgan fingerprint density at radius 2 is 1.96 bits per heavy atom. The second-order valence-corrected chi connectivity index (χ2v) is 5.79. The summed E-state index contributed by atoms with van der Waals surface area (Å²) in [5, 5.41) is 10.7. The van der Waals surface area contributed by atoms with Crippen molar-refractivity contribution in [2.75, 3.05) is 18.5 Å². The van der Waals surface area contributed by atoms with E-state index in [1.54, 1.807) is 24.1 Å². The van der Waals surface area contributed by atoms with E-state index in [1.165, 1.54) is 24.0 Å². The summed E-state index contributed by atoms with van der Waals surface area (Å²) in [4.78, 5) is 37.6. The summed E-state index contributed by atoms with van der Waals surface area (Å²) in [6, 6.07) is 5.80. The number of nitro benzene ring substituents is 1. The summed E-state index contributed by atoms with van der Waals surface area (Å²) < 4.78 is 0. The molecular formula is C16H21N3O4. The van der Waals surface area contributed by atoms with Crippen LogP contribution in [0.25, 0.3) is 0 Å². The van der Waals surface area contributed by atoms with Crippen molar-refractivity contribution in [1.82, 2.24) is 4.90 Å². The number of hydrogen-bond donors (Lipinski definition) is 0. The minimum absolute atomic E-state index is 0.000453. The van der Waals surface area contributed by atoms with Gasteiger partial charge in [-0.15, -0.1) is 0 Å². The summed E-state index contributed by atoms with van der Waals surface area (Å²) in [6.07, 6.45) is 3.10. The molecule has 2 rings (SSSR count). The van der Waals surface area contributed by atoms with Crippen molar-refractivity contribution < 1.29 is 14.5 Å². The van der Waals surface area contributed by atoms with E-state index in [9.17, 15) is 19.7 Å². The monoisotopic (exact) mass is 319 g/mol. The normalized spacial score (nSPS) is 17.7. The summed E-state index contributed by atoms with van der Waals surface area (Å²) in [7, 11) is 1.64. The predicted molar refractivity (Wildman–Crippen MR) is 86.1 cm³/mol. The van der Waals surface area contributed by atoms with Gasteiger partial charge in [-0.3, -0.25) is 19.7 Å². The van der Waals surface area contributed by atoms with E-state index in [1.807, 2.05) is 0 Å². The van der Waals surface area contributed by atoms with Crippen LogP contribution in [-0.4, -0.2) is 41.3 Å². The third-order valence-electron chi connectivity index (χ3n) is 4.26. The zero-order chi connectivity index (χ0) is 17.0. The molecule has 124 valence electrons. The van der Waals surface area contributed by atoms with Gasteiger partial charge in [0.2, 0.25) is 11.8 Å². The molecule has 1 heterocycles. The molecule has 0 bridgehead atoms. The minimum Gasteiger partial charge on any atom is -0.339 e. The largest absolute Gasteiger partial charge is 0.339 e. The Kier molecular flexibility index (Phi) is 5.31. The van der Waals surface area contributed by atoms with Gasteiger partial charge < -0.3 is 9.80 Å². The highest BCUT2D eigenvalue weighted by atomic mass is 16.6. The topological polar surface area (TPSA) is 83.8 Å². The van der Waals surface area contributed by atoms with Crippen molar-refractivity contribution in [2.24, 2.45) is 0 Å². The highest BCUT2D eigenvalue weighted by Crippen LogP contribution is 2.23. The van der Waals surface area contributed by atoms with Gasteiger partial charge >= 0.3 is 0 Å². The van der Waals surface area contributed by atoms with E-state index in [0.29, 0.717) is 12.2 Å². The Balaban J connectivity index is 2.04. The highest BCUT2D eigenvalue weighted by molar-refractivity contribution is 5.93. The smallest absolute Gasteiger partial charge is 0.269 e. The van der Waals surface area contributed by atoms with Gasteiger partial charge in [0, 0.05) is 50.8 Å². The number of benzene rings is 1. The maximum Gasteiger partial charge on any atom is 0.269 e. The second-order valence-electron chi connectivity index (χ2n) is 5.79. The number of carbonyl (C=O) groups is 2. The molecule has 0 aliphatic carbocycles. The van der Waals surface area contributed by atoms with E-state index in [4.69, 9.17) is 0 Å². The standard InChI is InChI=1S/C16H21N3O4/c1-12(20)18-10-4-3-5-15(18)11-16(21)17(2)13-6-8-14(9-7-13)19(22)23/h6-9,15H,3-5,10-11H2,1-2H3. The van der Waals surface area contributed by atoms with Crippen molar-refractivity contribution in [1.29, 1.82) is 0 Å². The maximum atomic E-state index is 12.5. The van der Waals surface area contributed by atoms with Gasteiger partial charge in [-0.05, 0) is 31.4 Å². The van der Waals surface area contributed by atoms with Crippen molar-refractivity contribution in [3.8, 4) is 0 Å². The third kappa shape index (κ3) is 4.06. The van der Waals surface area contributed by atoms with Crippen LogP contribution in [0.2, 0.25) is 0 Å². The Labute approximate surface area is 135 Å². The van der Waals surface area contributed by atoms with Crippen molar-refractivity contribution in [3.05, 3.63) is 34.4 Å². The molecule has 1 atom stereocenters. The van der Waals surface area contributed by atoms with Crippen LogP contribution in [-0.2, 0) is 9.59 Å². The molecule has 7 heteroatoms. The molecule has 1 unspecified atom stereocenters. The van der Waals surface area contributed by atoms with Crippen molar-refractivity contribution in [3.63, 3.8) is 0 Å². The number of carbonyl (C=O) groups excluding carboxylic acids is 2. The van der Waals surface area contributed by atoms with E-state index >= 15 is 0 Å². The van der Waals surface area contributed by atoms with Crippen LogP contribution in [0.3, 0.4) is 0 Å². The summed E-state index contributed by atoms with van der Waals surface area (Å²) in [5.41, 5.74) is 0.593. The number of nitro groups is 1. The molecule has 1 aromatic carbocycles. The van der Waals surface area contributed by atoms with Crippen molar-refractivity contribution >= 4 is 23.2 Å². The molecule has 1 aromatic rings. The Morgan fingerprint density at radius 3 is 2.52 bits per heavy atom. The lowest BCUT2D eigenvalue weighted by atomic mass is 9.98. The Hall–Kier alpha value is -2.44. The molecule has 0 radical (unpaired) electrons. The fourth-order valence-electron chi connectivity index (χ4n) is 2.91. The zero-order valence-electron chi connectivity index (χ0n) is 13.4. The average molecular weight is 319 g/mol. The molecule has 1 saturated heterocycles. The molecule has 1 fully saturated rings. The lowest BCUT2D eigenvalue weighted by molar-refractivity contribution is -0.384. The summed E-state index contributed by atoms with van der Waals surface area (Å²) in [5.74, 6) is -0.0995. The number of likely N-dealkylation sites (tertiary alicyclic amines) is 1. The van der Waals surface area contributed by atoms with Crippen LogP contribution >= 0.6 is 0 Å². The van der Waals surface area contributed by atoms with Crippen LogP contribution < -0.4 is 4.90 Å². The maximum absolute atomic E-state index is 12.5. The number of rotatable bonds is 4. The third-order valence-corrected chi connectivity index (χ3v) is 4.26. The first kappa shape index (κ1) is 16.9. The predicted octanol–water partition coefficient (Wildman–Crippen LogP) is 2.35. The molecule has 0 spiro atoms.